The summed E-state index contributed by atoms with van der Waals surface area (Å²) >= 11 is 0. The van der Waals surface area contributed by atoms with Crippen molar-refractivity contribution in [2.75, 3.05) is 6.54 Å². The second-order valence-electron chi connectivity index (χ2n) is 3.25. The average molecular weight is 219 g/mol. The van der Waals surface area contributed by atoms with Gasteiger partial charge in [-0.3, -0.25) is 0 Å². The Bertz CT molecular complexity index is 307. The van der Waals surface area contributed by atoms with Crippen molar-refractivity contribution in [2.24, 2.45) is 5.73 Å². The van der Waals surface area contributed by atoms with Crippen molar-refractivity contribution in [3.8, 4) is 5.75 Å². The summed E-state index contributed by atoms with van der Waals surface area (Å²) < 4.78 is 39.2. The van der Waals surface area contributed by atoms with Crippen molar-refractivity contribution < 1.29 is 17.9 Å². The third-order valence-corrected chi connectivity index (χ3v) is 2.04. The molecule has 1 aromatic carbocycles. The first-order chi connectivity index (χ1) is 6.92. The third-order valence-electron chi connectivity index (χ3n) is 2.04. The lowest BCUT2D eigenvalue weighted by Gasteiger charge is -2.11. The molecule has 1 rings (SSSR count). The van der Waals surface area contributed by atoms with E-state index in [0.717, 1.165) is 5.56 Å². The van der Waals surface area contributed by atoms with Gasteiger partial charge in [-0.05, 0) is 30.2 Å². The summed E-state index contributed by atoms with van der Waals surface area (Å²) in [5.74, 6) is -0.0830. The minimum absolute atomic E-state index is 0.130. The van der Waals surface area contributed by atoms with Crippen LogP contribution in [0.1, 0.15) is 18.4 Å². The number of alkyl halides is 3. The van der Waals surface area contributed by atoms with Crippen LogP contribution >= 0.6 is 0 Å². The molecular weight excluding hydrogens is 207 g/mol. The molecule has 0 aliphatic carbocycles. The topological polar surface area (TPSA) is 35.2 Å². The Morgan fingerprint density at radius 3 is 2.20 bits per heavy atom. The molecule has 0 saturated carbocycles. The fraction of sp³-hybridized carbons (Fsp3) is 0.400. The average Bonchev–Trinajstić information content (AvgIpc) is 2.15. The molecule has 2 nitrogen and oxygen atoms in total. The normalized spacial score (nSPS) is 13.7. The molecule has 0 saturated heterocycles. The van der Waals surface area contributed by atoms with Gasteiger partial charge in [0.25, 0.3) is 0 Å². The molecular formula is C10H12F3NO. The predicted molar refractivity (Wildman–Crippen MR) is 50.6 cm³/mol. The molecule has 1 aromatic rings. The number of rotatable bonds is 3. The molecule has 0 spiro atoms. The van der Waals surface area contributed by atoms with Crippen LogP contribution in [0.4, 0.5) is 13.2 Å². The molecule has 15 heavy (non-hydrogen) atoms. The van der Waals surface area contributed by atoms with Crippen molar-refractivity contribution in [1.29, 1.82) is 0 Å². The summed E-state index contributed by atoms with van der Waals surface area (Å²) in [7, 11) is 0. The van der Waals surface area contributed by atoms with Gasteiger partial charge in [-0.2, -0.15) is 0 Å². The summed E-state index contributed by atoms with van der Waals surface area (Å²) in [4.78, 5) is 0. The number of ether oxygens (including phenoxy) is 1. The van der Waals surface area contributed by atoms with E-state index in [1.165, 1.54) is 12.1 Å². The van der Waals surface area contributed by atoms with Gasteiger partial charge in [0.15, 0.2) is 0 Å². The van der Waals surface area contributed by atoms with Gasteiger partial charge in [-0.25, -0.2) is 0 Å². The second-order valence-corrected chi connectivity index (χ2v) is 3.25. The van der Waals surface area contributed by atoms with E-state index >= 15 is 0 Å². The lowest BCUT2D eigenvalue weighted by atomic mass is 10.0. The highest BCUT2D eigenvalue weighted by atomic mass is 19.4. The molecule has 0 aliphatic heterocycles. The minimum atomic E-state index is -4.64. The van der Waals surface area contributed by atoms with Gasteiger partial charge >= 0.3 is 6.36 Å². The van der Waals surface area contributed by atoms with Gasteiger partial charge in [-0.1, -0.05) is 19.1 Å². The Morgan fingerprint density at radius 2 is 1.80 bits per heavy atom. The van der Waals surface area contributed by atoms with E-state index in [1.807, 2.05) is 6.92 Å². The number of benzene rings is 1. The maximum absolute atomic E-state index is 11.8. The van der Waals surface area contributed by atoms with Crippen molar-refractivity contribution in [1.82, 2.24) is 0 Å². The summed E-state index contributed by atoms with van der Waals surface area (Å²) in [5, 5.41) is 0. The summed E-state index contributed by atoms with van der Waals surface area (Å²) in [6.45, 7) is 2.36. The molecule has 0 bridgehead atoms. The Hall–Kier alpha value is -1.23. The Labute approximate surface area is 85.8 Å². The van der Waals surface area contributed by atoms with Crippen LogP contribution in [0.25, 0.3) is 0 Å². The smallest absolute Gasteiger partial charge is 0.406 e. The highest BCUT2D eigenvalue weighted by molar-refractivity contribution is 5.29. The monoisotopic (exact) mass is 219 g/mol. The zero-order valence-corrected chi connectivity index (χ0v) is 8.21. The number of halogens is 3. The lowest BCUT2D eigenvalue weighted by molar-refractivity contribution is -0.274. The zero-order chi connectivity index (χ0) is 11.5. The summed E-state index contributed by atoms with van der Waals surface area (Å²) in [5.41, 5.74) is 6.33. The molecule has 84 valence electrons. The molecule has 0 fully saturated rings. The lowest BCUT2D eigenvalue weighted by Crippen LogP contribution is -2.17. The molecule has 0 aliphatic rings. The number of hydrogen-bond donors (Lipinski definition) is 1. The van der Waals surface area contributed by atoms with Crippen LogP contribution < -0.4 is 10.5 Å². The first-order valence-corrected chi connectivity index (χ1v) is 4.48. The van der Waals surface area contributed by atoms with Crippen LogP contribution in [0, 0.1) is 0 Å². The van der Waals surface area contributed by atoms with Crippen LogP contribution in [0.15, 0.2) is 24.3 Å². The van der Waals surface area contributed by atoms with E-state index in [4.69, 9.17) is 5.73 Å². The molecule has 0 heterocycles. The van der Waals surface area contributed by atoms with E-state index in [2.05, 4.69) is 4.74 Å². The maximum atomic E-state index is 11.8. The van der Waals surface area contributed by atoms with Crippen molar-refractivity contribution in [2.45, 2.75) is 19.2 Å². The van der Waals surface area contributed by atoms with E-state index in [1.54, 1.807) is 12.1 Å². The van der Waals surface area contributed by atoms with Crippen LogP contribution in [0.2, 0.25) is 0 Å². The Morgan fingerprint density at radius 1 is 1.27 bits per heavy atom. The molecule has 2 N–H and O–H groups in total. The first-order valence-electron chi connectivity index (χ1n) is 4.48. The molecule has 1 unspecified atom stereocenters. The minimum Gasteiger partial charge on any atom is -0.406 e. The van der Waals surface area contributed by atoms with Crippen molar-refractivity contribution in [3.63, 3.8) is 0 Å². The van der Waals surface area contributed by atoms with E-state index in [9.17, 15) is 13.2 Å². The highest BCUT2D eigenvalue weighted by Gasteiger charge is 2.30. The zero-order valence-electron chi connectivity index (χ0n) is 8.21. The molecule has 5 heteroatoms. The van der Waals surface area contributed by atoms with Gasteiger partial charge in [-0.15, -0.1) is 13.2 Å². The van der Waals surface area contributed by atoms with Crippen LogP contribution in [-0.4, -0.2) is 12.9 Å². The van der Waals surface area contributed by atoms with Crippen LogP contribution in [0.5, 0.6) is 5.75 Å². The maximum Gasteiger partial charge on any atom is 0.573 e. The van der Waals surface area contributed by atoms with E-state index in [0.29, 0.717) is 6.54 Å². The fourth-order valence-electron chi connectivity index (χ4n) is 1.13. The highest BCUT2D eigenvalue weighted by Crippen LogP contribution is 2.24. The summed E-state index contributed by atoms with van der Waals surface area (Å²) in [6.07, 6.45) is -4.64. The van der Waals surface area contributed by atoms with Gasteiger partial charge in [0.2, 0.25) is 0 Å². The Balaban J connectivity index is 2.72. The van der Waals surface area contributed by atoms with Gasteiger partial charge in [0.05, 0.1) is 0 Å². The standard InChI is InChI=1S/C10H12F3NO/c1-7(6-14)8-2-4-9(5-3-8)15-10(11,12)13/h2-5,7H,6,14H2,1H3. The molecule has 0 radical (unpaired) electrons. The van der Waals surface area contributed by atoms with Crippen molar-refractivity contribution >= 4 is 0 Å². The predicted octanol–water partition coefficient (Wildman–Crippen LogP) is 2.65. The quantitative estimate of drug-likeness (QED) is 0.848. The SMILES string of the molecule is CC(CN)c1ccc(OC(F)(F)F)cc1. The van der Waals surface area contributed by atoms with E-state index < -0.39 is 6.36 Å². The number of nitrogens with two attached hydrogens (primary N) is 1. The second kappa shape index (κ2) is 4.53. The van der Waals surface area contributed by atoms with Crippen LogP contribution in [-0.2, 0) is 0 Å². The van der Waals surface area contributed by atoms with Gasteiger partial charge in [0.1, 0.15) is 5.75 Å². The van der Waals surface area contributed by atoms with Crippen molar-refractivity contribution in [3.05, 3.63) is 29.8 Å². The third kappa shape index (κ3) is 3.79. The first kappa shape index (κ1) is 11.8. The summed E-state index contributed by atoms with van der Waals surface area (Å²) in [6, 6.07) is 5.74. The largest absolute Gasteiger partial charge is 0.573 e. The molecule has 0 aromatic heterocycles. The Kier molecular flexibility index (Phi) is 3.57. The van der Waals surface area contributed by atoms with Crippen LogP contribution in [0.3, 0.4) is 0 Å². The number of hydrogen-bond acceptors (Lipinski definition) is 2. The van der Waals surface area contributed by atoms with Gasteiger partial charge < -0.3 is 10.5 Å². The van der Waals surface area contributed by atoms with E-state index in [-0.39, 0.29) is 11.7 Å². The molecule has 0 amide bonds. The van der Waals surface area contributed by atoms with Gasteiger partial charge in [0, 0.05) is 0 Å². The fourth-order valence-corrected chi connectivity index (χ4v) is 1.13. The molecule has 1 atom stereocenters.